The zero-order valence-corrected chi connectivity index (χ0v) is 36.9. The fourth-order valence-corrected chi connectivity index (χ4v) is 10.7. The van der Waals surface area contributed by atoms with Gasteiger partial charge in [0.25, 0.3) is 11.8 Å². The maximum Gasteiger partial charge on any atom is 0.262 e. The van der Waals surface area contributed by atoms with Crippen molar-refractivity contribution in [3.8, 4) is 11.5 Å². The zero-order valence-electron chi connectivity index (χ0n) is 36.1. The first-order valence-corrected chi connectivity index (χ1v) is 24.1. The van der Waals surface area contributed by atoms with Crippen LogP contribution in [-0.4, -0.2) is 162 Å². The minimum atomic E-state index is -3.60. The van der Waals surface area contributed by atoms with Gasteiger partial charge in [0.2, 0.25) is 11.8 Å². The van der Waals surface area contributed by atoms with Gasteiger partial charge in [-0.25, -0.2) is 8.42 Å². The molecular weight excluding hydrogens is 811 g/mol. The Labute approximate surface area is 364 Å². The van der Waals surface area contributed by atoms with E-state index in [0.717, 1.165) is 114 Å². The van der Waals surface area contributed by atoms with Crippen molar-refractivity contribution in [3.05, 3.63) is 82.9 Å². The molecule has 3 aromatic carbocycles. The normalized spacial score (nSPS) is 21.6. The fourth-order valence-electron chi connectivity index (χ4n) is 9.80. The summed E-state index contributed by atoms with van der Waals surface area (Å²) < 4.78 is 36.5. The number of methoxy groups -OCH3 is 1. The standard InChI is InChI=1S/C46H59N7O8S/c1-4-61-42-29-33(7-13-41(42)60-2)40(31-62(3,58)59)53-45(56)38-11-10-36(30-39(38)46(53)57)52-27-25-51(26-28-52)35-15-17-48(18-16-35)19-20-49-21-23-50(24-22-49)34-8-5-32(6-9-34)37-12-14-43(54)47-44(37)55/h5-11,13,29-30,35,37,40H,4,12,14-28,31H2,1-3H3,(H,47,54,55)/t37?,40-/m1/s1. The Kier molecular flexibility index (Phi) is 13.2. The lowest BCUT2D eigenvalue weighted by molar-refractivity contribution is -0.134. The van der Waals surface area contributed by atoms with Crippen molar-refractivity contribution >= 4 is 44.8 Å². The van der Waals surface area contributed by atoms with Crippen LogP contribution < -0.4 is 24.6 Å². The molecule has 332 valence electrons. The Morgan fingerprint density at radius 3 is 1.98 bits per heavy atom. The van der Waals surface area contributed by atoms with Crippen LogP contribution in [0.25, 0.3) is 0 Å². The molecule has 0 saturated carbocycles. The molecule has 5 aliphatic heterocycles. The molecule has 4 fully saturated rings. The quantitative estimate of drug-likeness (QED) is 0.236. The second-order valence-electron chi connectivity index (χ2n) is 17.2. The summed E-state index contributed by atoms with van der Waals surface area (Å²) in [4.78, 5) is 65.3. The van der Waals surface area contributed by atoms with Gasteiger partial charge in [-0.15, -0.1) is 0 Å². The Hall–Kier alpha value is -5.03. The van der Waals surface area contributed by atoms with E-state index in [1.165, 1.54) is 12.8 Å². The number of fused-ring (bicyclic) bond motifs is 1. The summed E-state index contributed by atoms with van der Waals surface area (Å²) in [6.45, 7) is 13.9. The molecule has 8 rings (SSSR count). The van der Waals surface area contributed by atoms with Crippen LogP contribution in [0.3, 0.4) is 0 Å². The van der Waals surface area contributed by atoms with Gasteiger partial charge in [-0.2, -0.15) is 0 Å². The molecule has 4 saturated heterocycles. The first-order chi connectivity index (χ1) is 29.9. The summed E-state index contributed by atoms with van der Waals surface area (Å²) in [5.41, 5.74) is 4.07. The maximum atomic E-state index is 14.0. The molecule has 1 N–H and O–H groups in total. The van der Waals surface area contributed by atoms with Crippen LogP contribution in [0.2, 0.25) is 0 Å². The van der Waals surface area contributed by atoms with Gasteiger partial charge in [0, 0.05) is 95.5 Å². The smallest absolute Gasteiger partial charge is 0.262 e. The summed E-state index contributed by atoms with van der Waals surface area (Å²) in [5, 5.41) is 2.46. The van der Waals surface area contributed by atoms with Crippen molar-refractivity contribution in [1.29, 1.82) is 0 Å². The maximum absolute atomic E-state index is 14.0. The summed E-state index contributed by atoms with van der Waals surface area (Å²) in [6, 6.07) is 18.2. The first-order valence-electron chi connectivity index (χ1n) is 22.0. The molecular formula is C46H59N7O8S. The lowest BCUT2D eigenvalue weighted by Gasteiger charge is -2.44. The topological polar surface area (TPSA) is 152 Å². The average molecular weight is 870 g/mol. The van der Waals surface area contributed by atoms with Gasteiger partial charge in [0.15, 0.2) is 11.5 Å². The third-order valence-corrected chi connectivity index (χ3v) is 14.2. The van der Waals surface area contributed by atoms with Crippen LogP contribution >= 0.6 is 0 Å². The lowest BCUT2D eigenvalue weighted by Crippen LogP contribution is -2.54. The number of carbonyl (C=O) groups is 4. The Morgan fingerprint density at radius 1 is 0.710 bits per heavy atom. The van der Waals surface area contributed by atoms with Crippen molar-refractivity contribution in [3.63, 3.8) is 0 Å². The number of piperazine rings is 2. The number of rotatable bonds is 14. The summed E-state index contributed by atoms with van der Waals surface area (Å²) in [5.74, 6) is -1.19. The van der Waals surface area contributed by atoms with E-state index in [2.05, 4.69) is 41.9 Å². The highest BCUT2D eigenvalue weighted by atomic mass is 32.2. The van der Waals surface area contributed by atoms with Gasteiger partial charge in [0.1, 0.15) is 9.84 Å². The number of nitrogens with zero attached hydrogens (tertiary/aromatic N) is 6. The van der Waals surface area contributed by atoms with Gasteiger partial charge in [-0.1, -0.05) is 18.2 Å². The minimum Gasteiger partial charge on any atom is -0.493 e. The SMILES string of the molecule is CCOc1cc([C@@H](CS(C)(=O)=O)N2C(=O)c3ccc(N4CCN(C5CCN(CCN6CCN(c7ccc(C8CCC(=O)NC8=O)cc7)CC6)CC5)CC4)cc3C2=O)ccc1OC. The van der Waals surface area contributed by atoms with Crippen LogP contribution in [-0.2, 0) is 19.4 Å². The largest absolute Gasteiger partial charge is 0.493 e. The van der Waals surface area contributed by atoms with E-state index in [0.29, 0.717) is 48.1 Å². The number of sulfone groups is 1. The Bertz CT molecular complexity index is 2250. The molecule has 0 radical (unpaired) electrons. The first kappa shape index (κ1) is 43.6. The number of ether oxygens (including phenoxy) is 2. The van der Waals surface area contributed by atoms with E-state index in [-0.39, 0.29) is 23.3 Å². The molecule has 0 spiro atoms. The number of piperidine rings is 2. The second-order valence-corrected chi connectivity index (χ2v) is 19.4. The van der Waals surface area contributed by atoms with Crippen molar-refractivity contribution < 1.29 is 37.1 Å². The lowest BCUT2D eigenvalue weighted by atomic mass is 9.90. The number of hydrogen-bond donors (Lipinski definition) is 1. The Balaban J connectivity index is 0.792. The summed E-state index contributed by atoms with van der Waals surface area (Å²) in [6.07, 6.45) is 4.34. The van der Waals surface area contributed by atoms with Crippen LogP contribution in [0, 0.1) is 0 Å². The van der Waals surface area contributed by atoms with Gasteiger partial charge in [0.05, 0.1) is 42.6 Å². The van der Waals surface area contributed by atoms with Crippen molar-refractivity contribution in [2.24, 2.45) is 0 Å². The van der Waals surface area contributed by atoms with E-state index in [9.17, 15) is 27.6 Å². The zero-order chi connectivity index (χ0) is 43.5. The Morgan fingerprint density at radius 2 is 1.34 bits per heavy atom. The van der Waals surface area contributed by atoms with Crippen LogP contribution in [0.5, 0.6) is 11.5 Å². The molecule has 5 heterocycles. The van der Waals surface area contributed by atoms with Crippen LogP contribution in [0.1, 0.15) is 76.4 Å². The molecule has 0 aliphatic carbocycles. The molecule has 0 aromatic heterocycles. The number of anilines is 2. The van der Waals surface area contributed by atoms with E-state index < -0.39 is 33.4 Å². The highest BCUT2D eigenvalue weighted by molar-refractivity contribution is 7.90. The summed E-state index contributed by atoms with van der Waals surface area (Å²) >= 11 is 0. The van der Waals surface area contributed by atoms with E-state index in [4.69, 9.17) is 9.47 Å². The molecule has 3 aromatic rings. The van der Waals surface area contributed by atoms with E-state index in [1.807, 2.05) is 25.1 Å². The van der Waals surface area contributed by atoms with Crippen molar-refractivity contribution in [2.45, 2.75) is 50.6 Å². The molecule has 62 heavy (non-hydrogen) atoms. The molecule has 1 unspecified atom stereocenters. The average Bonchev–Trinajstić information content (AvgIpc) is 3.52. The monoisotopic (exact) mass is 869 g/mol. The third-order valence-electron chi connectivity index (χ3n) is 13.3. The number of benzene rings is 3. The fraction of sp³-hybridized carbons (Fsp3) is 0.522. The van der Waals surface area contributed by atoms with Gasteiger partial charge in [-0.3, -0.25) is 39.2 Å². The molecule has 16 heteroatoms. The number of amides is 4. The van der Waals surface area contributed by atoms with Gasteiger partial charge in [-0.05, 0) is 92.9 Å². The van der Waals surface area contributed by atoms with Crippen molar-refractivity contribution in [2.75, 3.05) is 114 Å². The van der Waals surface area contributed by atoms with Crippen molar-refractivity contribution in [1.82, 2.24) is 24.9 Å². The van der Waals surface area contributed by atoms with Crippen LogP contribution in [0.15, 0.2) is 60.7 Å². The highest BCUT2D eigenvalue weighted by Crippen LogP contribution is 2.38. The second kappa shape index (κ2) is 18.8. The van der Waals surface area contributed by atoms with E-state index in [1.54, 1.807) is 30.3 Å². The van der Waals surface area contributed by atoms with Gasteiger partial charge < -0.3 is 24.2 Å². The number of imide groups is 2. The highest BCUT2D eigenvalue weighted by Gasteiger charge is 2.42. The molecule has 5 aliphatic rings. The molecule has 15 nitrogen and oxygen atoms in total. The van der Waals surface area contributed by atoms with Gasteiger partial charge >= 0.3 is 0 Å². The third kappa shape index (κ3) is 9.63. The number of carbonyl (C=O) groups excluding carboxylic acids is 4. The predicted molar refractivity (Wildman–Crippen MR) is 237 cm³/mol. The molecule has 4 amide bonds. The minimum absolute atomic E-state index is 0.187. The number of nitrogens with one attached hydrogen (secondary N) is 1. The summed E-state index contributed by atoms with van der Waals surface area (Å²) in [7, 11) is -2.09. The predicted octanol–water partition coefficient (Wildman–Crippen LogP) is 3.40. The van der Waals surface area contributed by atoms with Crippen LogP contribution in [0.4, 0.5) is 11.4 Å². The number of hydrogen-bond acceptors (Lipinski definition) is 13. The molecule has 0 bridgehead atoms. The molecule has 2 atom stereocenters. The van der Waals surface area contributed by atoms with E-state index >= 15 is 0 Å². The number of likely N-dealkylation sites (tertiary alicyclic amines) is 1.